The van der Waals surface area contributed by atoms with Crippen LogP contribution in [0, 0.1) is 13.8 Å². The lowest BCUT2D eigenvalue weighted by Gasteiger charge is -2.13. The number of hydrogen-bond donors (Lipinski definition) is 1. The fraction of sp³-hybridized carbons (Fsp3) is 0.500. The molecule has 0 aromatic heterocycles. The van der Waals surface area contributed by atoms with E-state index in [-0.39, 0.29) is 0 Å². The molecule has 0 aliphatic carbocycles. The molecular formula is C12H19NO. The van der Waals surface area contributed by atoms with E-state index >= 15 is 0 Å². The first kappa shape index (κ1) is 10.9. The minimum absolute atomic E-state index is 0.932. The standard InChI is InChI=1S/C12H19NO/c1-5-6-13-12-9(2)7-11(14-4)8-10(12)3/h7-8,13H,5-6H2,1-4H3. The first-order valence-electron chi connectivity index (χ1n) is 5.08. The van der Waals surface area contributed by atoms with Crippen LogP contribution in [0.15, 0.2) is 12.1 Å². The van der Waals surface area contributed by atoms with Crippen LogP contribution in [0.1, 0.15) is 24.5 Å². The predicted molar refractivity (Wildman–Crippen MR) is 61.2 cm³/mol. The van der Waals surface area contributed by atoms with Crippen molar-refractivity contribution < 1.29 is 4.74 Å². The highest BCUT2D eigenvalue weighted by Crippen LogP contribution is 2.25. The quantitative estimate of drug-likeness (QED) is 0.793. The topological polar surface area (TPSA) is 21.3 Å². The highest BCUT2D eigenvalue weighted by molar-refractivity contribution is 5.59. The number of methoxy groups -OCH3 is 1. The maximum atomic E-state index is 5.21. The first-order chi connectivity index (χ1) is 6.69. The Morgan fingerprint density at radius 3 is 2.21 bits per heavy atom. The number of hydrogen-bond acceptors (Lipinski definition) is 2. The monoisotopic (exact) mass is 193 g/mol. The summed E-state index contributed by atoms with van der Waals surface area (Å²) in [6.45, 7) is 7.40. The summed E-state index contributed by atoms with van der Waals surface area (Å²) in [6, 6.07) is 4.12. The Morgan fingerprint density at radius 1 is 1.21 bits per heavy atom. The highest BCUT2D eigenvalue weighted by Gasteiger charge is 2.03. The fourth-order valence-electron chi connectivity index (χ4n) is 1.57. The molecule has 1 aromatic rings. The Morgan fingerprint density at radius 2 is 1.79 bits per heavy atom. The average molecular weight is 193 g/mol. The van der Waals surface area contributed by atoms with Gasteiger partial charge in [-0.2, -0.15) is 0 Å². The van der Waals surface area contributed by atoms with E-state index in [1.165, 1.54) is 16.8 Å². The molecule has 0 radical (unpaired) electrons. The number of nitrogens with one attached hydrogen (secondary N) is 1. The van der Waals surface area contributed by atoms with Crippen LogP contribution in [0.4, 0.5) is 5.69 Å². The van der Waals surface area contributed by atoms with E-state index in [1.807, 2.05) is 0 Å². The molecule has 0 unspecified atom stereocenters. The van der Waals surface area contributed by atoms with Crippen LogP contribution in [0.2, 0.25) is 0 Å². The summed E-state index contributed by atoms with van der Waals surface area (Å²) in [6.07, 6.45) is 1.14. The van der Waals surface area contributed by atoms with Crippen LogP contribution in [-0.4, -0.2) is 13.7 Å². The van der Waals surface area contributed by atoms with Crippen molar-refractivity contribution in [1.29, 1.82) is 0 Å². The van der Waals surface area contributed by atoms with Gasteiger partial charge in [0.05, 0.1) is 7.11 Å². The molecule has 14 heavy (non-hydrogen) atoms. The minimum atomic E-state index is 0.932. The number of benzene rings is 1. The molecule has 1 aromatic carbocycles. The van der Waals surface area contributed by atoms with E-state index in [0.717, 1.165) is 18.7 Å². The minimum Gasteiger partial charge on any atom is -0.497 e. The van der Waals surface area contributed by atoms with Gasteiger partial charge < -0.3 is 10.1 Å². The molecule has 0 atom stereocenters. The van der Waals surface area contributed by atoms with Crippen LogP contribution < -0.4 is 10.1 Å². The van der Waals surface area contributed by atoms with Crippen LogP contribution in [0.3, 0.4) is 0 Å². The van der Waals surface area contributed by atoms with E-state index in [1.54, 1.807) is 7.11 Å². The molecule has 1 N–H and O–H groups in total. The van der Waals surface area contributed by atoms with Crippen LogP contribution in [0.5, 0.6) is 5.75 Å². The van der Waals surface area contributed by atoms with Crippen molar-refractivity contribution in [3.05, 3.63) is 23.3 Å². The van der Waals surface area contributed by atoms with E-state index in [9.17, 15) is 0 Å². The van der Waals surface area contributed by atoms with Crippen molar-refractivity contribution in [3.63, 3.8) is 0 Å². The van der Waals surface area contributed by atoms with Gasteiger partial charge in [0, 0.05) is 12.2 Å². The molecule has 0 spiro atoms. The molecule has 0 aliphatic heterocycles. The Bertz CT molecular complexity index is 284. The van der Waals surface area contributed by atoms with Crippen molar-refractivity contribution in [2.45, 2.75) is 27.2 Å². The SMILES string of the molecule is CCCNc1c(C)cc(OC)cc1C. The maximum Gasteiger partial charge on any atom is 0.119 e. The van der Waals surface area contributed by atoms with Crippen molar-refractivity contribution in [2.24, 2.45) is 0 Å². The van der Waals surface area contributed by atoms with Gasteiger partial charge in [-0.25, -0.2) is 0 Å². The lowest BCUT2D eigenvalue weighted by molar-refractivity contribution is 0.414. The first-order valence-corrected chi connectivity index (χ1v) is 5.08. The summed E-state index contributed by atoms with van der Waals surface area (Å²) in [5.74, 6) is 0.932. The van der Waals surface area contributed by atoms with Crippen LogP contribution >= 0.6 is 0 Å². The predicted octanol–water partition coefficient (Wildman–Crippen LogP) is 3.13. The number of rotatable bonds is 4. The summed E-state index contributed by atoms with van der Waals surface area (Å²) in [5, 5.41) is 3.43. The molecule has 0 bridgehead atoms. The average Bonchev–Trinajstić information content (AvgIpc) is 2.16. The largest absolute Gasteiger partial charge is 0.497 e. The van der Waals surface area contributed by atoms with Gasteiger partial charge in [0.25, 0.3) is 0 Å². The van der Waals surface area contributed by atoms with E-state index < -0.39 is 0 Å². The van der Waals surface area contributed by atoms with Gasteiger partial charge >= 0.3 is 0 Å². The van der Waals surface area contributed by atoms with Crippen molar-refractivity contribution in [3.8, 4) is 5.75 Å². The summed E-state index contributed by atoms with van der Waals surface area (Å²) in [4.78, 5) is 0. The molecule has 2 heteroatoms. The molecule has 0 aliphatic rings. The Labute approximate surface area is 86.3 Å². The van der Waals surface area contributed by atoms with Gasteiger partial charge in [0.2, 0.25) is 0 Å². The molecule has 0 saturated carbocycles. The second-order valence-corrected chi connectivity index (χ2v) is 3.56. The molecule has 0 amide bonds. The van der Waals surface area contributed by atoms with Crippen molar-refractivity contribution in [2.75, 3.05) is 19.0 Å². The zero-order valence-electron chi connectivity index (χ0n) is 9.48. The molecular weight excluding hydrogens is 174 g/mol. The number of anilines is 1. The van der Waals surface area contributed by atoms with Crippen molar-refractivity contribution >= 4 is 5.69 Å². The van der Waals surface area contributed by atoms with Gasteiger partial charge in [-0.05, 0) is 43.5 Å². The van der Waals surface area contributed by atoms with Gasteiger partial charge in [-0.15, -0.1) is 0 Å². The van der Waals surface area contributed by atoms with Crippen molar-refractivity contribution in [1.82, 2.24) is 0 Å². The third kappa shape index (κ3) is 2.41. The van der Waals surface area contributed by atoms with E-state index in [4.69, 9.17) is 4.74 Å². The third-order valence-electron chi connectivity index (χ3n) is 2.29. The smallest absolute Gasteiger partial charge is 0.119 e. The van der Waals surface area contributed by atoms with E-state index in [0.29, 0.717) is 0 Å². The van der Waals surface area contributed by atoms with Gasteiger partial charge in [0.15, 0.2) is 0 Å². The summed E-state index contributed by atoms with van der Waals surface area (Å²) >= 11 is 0. The summed E-state index contributed by atoms with van der Waals surface area (Å²) < 4.78 is 5.21. The second-order valence-electron chi connectivity index (χ2n) is 3.56. The van der Waals surface area contributed by atoms with Crippen LogP contribution in [0.25, 0.3) is 0 Å². The Hall–Kier alpha value is -1.18. The zero-order valence-corrected chi connectivity index (χ0v) is 9.48. The fourth-order valence-corrected chi connectivity index (χ4v) is 1.57. The van der Waals surface area contributed by atoms with Gasteiger partial charge in [0.1, 0.15) is 5.75 Å². The lowest BCUT2D eigenvalue weighted by atomic mass is 10.1. The molecule has 0 fully saturated rings. The highest BCUT2D eigenvalue weighted by atomic mass is 16.5. The van der Waals surface area contributed by atoms with E-state index in [2.05, 4.69) is 38.2 Å². The van der Waals surface area contributed by atoms with Crippen LogP contribution in [-0.2, 0) is 0 Å². The van der Waals surface area contributed by atoms with Gasteiger partial charge in [-0.1, -0.05) is 6.92 Å². The summed E-state index contributed by atoms with van der Waals surface area (Å²) in [5.41, 5.74) is 3.73. The maximum absolute atomic E-state index is 5.21. The third-order valence-corrected chi connectivity index (χ3v) is 2.29. The number of aryl methyl sites for hydroxylation is 2. The zero-order chi connectivity index (χ0) is 10.6. The Balaban J connectivity index is 2.93. The lowest BCUT2D eigenvalue weighted by Crippen LogP contribution is -2.03. The normalized spacial score (nSPS) is 10.0. The molecule has 0 heterocycles. The molecule has 0 saturated heterocycles. The van der Waals surface area contributed by atoms with Gasteiger partial charge in [-0.3, -0.25) is 0 Å². The Kier molecular flexibility index (Phi) is 3.81. The molecule has 1 rings (SSSR count). The molecule has 78 valence electrons. The second kappa shape index (κ2) is 4.89. The summed E-state index contributed by atoms with van der Waals surface area (Å²) in [7, 11) is 1.70. The molecule has 2 nitrogen and oxygen atoms in total. The number of ether oxygens (including phenoxy) is 1.